The van der Waals surface area contributed by atoms with E-state index in [0.29, 0.717) is 16.9 Å². The van der Waals surface area contributed by atoms with Crippen LogP contribution in [0.3, 0.4) is 0 Å². The zero-order chi connectivity index (χ0) is 23.1. The number of nitrogens with zero attached hydrogens (tertiary/aromatic N) is 6. The van der Waals surface area contributed by atoms with Gasteiger partial charge in [0.25, 0.3) is 5.56 Å². The summed E-state index contributed by atoms with van der Waals surface area (Å²) in [5, 5.41) is 14.7. The molecule has 0 atom stereocenters. The number of aryl methyl sites for hydroxylation is 1. The first-order valence-corrected chi connectivity index (χ1v) is 11.9. The molecule has 0 saturated carbocycles. The Morgan fingerprint density at radius 2 is 1.62 bits per heavy atom. The Morgan fingerprint density at radius 1 is 0.853 bits per heavy atom. The van der Waals surface area contributed by atoms with Gasteiger partial charge < -0.3 is 0 Å². The van der Waals surface area contributed by atoms with Gasteiger partial charge in [0.2, 0.25) is 5.78 Å². The fourth-order valence-electron chi connectivity index (χ4n) is 4.00. The van der Waals surface area contributed by atoms with Crippen LogP contribution in [0.1, 0.15) is 11.1 Å². The molecule has 0 radical (unpaired) electrons. The minimum atomic E-state index is -0.111. The maximum Gasteiger partial charge on any atom is 0.267 e. The lowest BCUT2D eigenvalue weighted by molar-refractivity contribution is 0.880. The SMILES string of the molecule is Cc1ccc(-n2c(=O)c3ccccc3n3c(SCc4cnn(-c5ccccc5)c4)nnc23)cc1. The Labute approximate surface area is 199 Å². The molecule has 34 heavy (non-hydrogen) atoms. The van der Waals surface area contributed by atoms with Crippen molar-refractivity contribution in [1.82, 2.24) is 28.9 Å². The van der Waals surface area contributed by atoms with Crippen molar-refractivity contribution in [3.8, 4) is 11.4 Å². The predicted molar refractivity (Wildman–Crippen MR) is 134 cm³/mol. The molecule has 0 aliphatic heterocycles. The van der Waals surface area contributed by atoms with Crippen molar-refractivity contribution in [3.05, 3.63) is 113 Å². The van der Waals surface area contributed by atoms with Crippen molar-refractivity contribution in [1.29, 1.82) is 0 Å². The van der Waals surface area contributed by atoms with Crippen LogP contribution in [-0.4, -0.2) is 28.9 Å². The number of hydrogen-bond donors (Lipinski definition) is 0. The standard InChI is InChI=1S/C26H20N6OS/c1-18-11-13-21(14-12-18)31-24(33)22-9-5-6-10-23(22)32-25(31)28-29-26(32)34-17-19-15-27-30(16-19)20-7-3-2-4-8-20/h2-16H,17H2,1H3. The molecule has 0 aliphatic rings. The highest BCUT2D eigenvalue weighted by molar-refractivity contribution is 7.98. The minimum absolute atomic E-state index is 0.111. The predicted octanol–water partition coefficient (Wildman–Crippen LogP) is 4.82. The molecular formula is C26H20N6OS. The molecule has 0 bridgehead atoms. The van der Waals surface area contributed by atoms with Crippen molar-refractivity contribution >= 4 is 28.4 Å². The molecule has 3 heterocycles. The second-order valence-corrected chi connectivity index (χ2v) is 8.97. The summed E-state index contributed by atoms with van der Waals surface area (Å²) in [5.74, 6) is 1.17. The number of aromatic nitrogens is 6. The van der Waals surface area contributed by atoms with E-state index in [9.17, 15) is 4.79 Å². The van der Waals surface area contributed by atoms with Gasteiger partial charge in [-0.1, -0.05) is 59.8 Å². The molecule has 0 saturated heterocycles. The van der Waals surface area contributed by atoms with E-state index in [1.165, 1.54) is 0 Å². The normalized spacial score (nSPS) is 11.4. The summed E-state index contributed by atoms with van der Waals surface area (Å²) in [7, 11) is 0. The second kappa shape index (κ2) is 8.31. The summed E-state index contributed by atoms with van der Waals surface area (Å²) in [6.07, 6.45) is 3.88. The maximum atomic E-state index is 13.4. The smallest absolute Gasteiger partial charge is 0.267 e. The third-order valence-electron chi connectivity index (χ3n) is 5.71. The van der Waals surface area contributed by atoms with Gasteiger partial charge in [0, 0.05) is 17.5 Å². The van der Waals surface area contributed by atoms with E-state index < -0.39 is 0 Å². The molecule has 0 aliphatic carbocycles. The topological polar surface area (TPSA) is 70.0 Å². The first-order valence-electron chi connectivity index (χ1n) is 10.9. The lowest BCUT2D eigenvalue weighted by atomic mass is 10.2. The molecule has 0 spiro atoms. The average Bonchev–Trinajstić information content (AvgIpc) is 3.52. The number of fused-ring (bicyclic) bond motifs is 3. The van der Waals surface area contributed by atoms with Crippen LogP contribution in [0.2, 0.25) is 0 Å². The summed E-state index contributed by atoms with van der Waals surface area (Å²) in [6, 6.07) is 25.5. The van der Waals surface area contributed by atoms with Crippen LogP contribution in [0, 0.1) is 6.92 Å². The number of benzene rings is 3. The Bertz CT molecular complexity index is 1680. The van der Waals surface area contributed by atoms with Crippen LogP contribution < -0.4 is 5.56 Å². The van der Waals surface area contributed by atoms with Crippen molar-refractivity contribution < 1.29 is 0 Å². The van der Waals surface area contributed by atoms with Gasteiger partial charge in [0.1, 0.15) is 0 Å². The van der Waals surface area contributed by atoms with Crippen molar-refractivity contribution in [2.24, 2.45) is 0 Å². The van der Waals surface area contributed by atoms with Gasteiger partial charge in [0.15, 0.2) is 5.16 Å². The van der Waals surface area contributed by atoms with Crippen LogP contribution in [0.4, 0.5) is 0 Å². The second-order valence-electron chi connectivity index (χ2n) is 8.03. The third-order valence-corrected chi connectivity index (χ3v) is 6.71. The number of hydrogen-bond acceptors (Lipinski definition) is 5. The van der Waals surface area contributed by atoms with E-state index >= 15 is 0 Å². The molecule has 7 nitrogen and oxygen atoms in total. The van der Waals surface area contributed by atoms with E-state index in [1.54, 1.807) is 16.3 Å². The van der Waals surface area contributed by atoms with Gasteiger partial charge in [-0.2, -0.15) is 5.10 Å². The van der Waals surface area contributed by atoms with Gasteiger partial charge in [-0.25, -0.2) is 9.25 Å². The molecule has 0 unspecified atom stereocenters. The van der Waals surface area contributed by atoms with Gasteiger partial charge in [-0.15, -0.1) is 10.2 Å². The van der Waals surface area contributed by atoms with E-state index in [0.717, 1.165) is 33.2 Å². The first-order chi connectivity index (χ1) is 16.7. The summed E-state index contributed by atoms with van der Waals surface area (Å²) in [4.78, 5) is 13.4. The highest BCUT2D eigenvalue weighted by atomic mass is 32.2. The molecule has 3 aromatic heterocycles. The summed E-state index contributed by atoms with van der Waals surface area (Å²) < 4.78 is 5.46. The molecule has 166 valence electrons. The van der Waals surface area contributed by atoms with Crippen LogP contribution in [0.5, 0.6) is 0 Å². The van der Waals surface area contributed by atoms with E-state index in [-0.39, 0.29) is 5.56 Å². The average molecular weight is 465 g/mol. The molecule has 8 heteroatoms. The van der Waals surface area contributed by atoms with Crippen molar-refractivity contribution in [2.45, 2.75) is 17.8 Å². The van der Waals surface area contributed by atoms with Gasteiger partial charge >= 0.3 is 0 Å². The maximum absolute atomic E-state index is 13.4. The first kappa shape index (κ1) is 20.4. The Kier molecular flexibility index (Phi) is 5.00. The summed E-state index contributed by atoms with van der Waals surface area (Å²) >= 11 is 1.57. The van der Waals surface area contributed by atoms with Gasteiger partial charge in [0.05, 0.1) is 28.5 Å². The number of para-hydroxylation sites is 2. The van der Waals surface area contributed by atoms with E-state index in [2.05, 4.69) is 15.3 Å². The van der Waals surface area contributed by atoms with E-state index in [1.807, 2.05) is 107 Å². The summed E-state index contributed by atoms with van der Waals surface area (Å²) in [5.41, 5.74) is 4.65. The fourth-order valence-corrected chi connectivity index (χ4v) is 4.86. The Morgan fingerprint density at radius 3 is 2.44 bits per heavy atom. The van der Waals surface area contributed by atoms with Crippen LogP contribution in [0.15, 0.2) is 101 Å². The molecule has 0 fully saturated rings. The monoisotopic (exact) mass is 464 g/mol. The van der Waals surface area contributed by atoms with Gasteiger partial charge in [-0.3, -0.25) is 9.20 Å². The van der Waals surface area contributed by atoms with Crippen molar-refractivity contribution in [2.75, 3.05) is 0 Å². The largest absolute Gasteiger partial charge is 0.268 e. The zero-order valence-corrected chi connectivity index (χ0v) is 19.2. The fraction of sp³-hybridized carbons (Fsp3) is 0.0769. The van der Waals surface area contributed by atoms with Crippen LogP contribution >= 0.6 is 11.8 Å². The highest BCUT2D eigenvalue weighted by Crippen LogP contribution is 2.26. The Balaban J connectivity index is 1.43. The Hall–Kier alpha value is -4.17. The third kappa shape index (κ3) is 3.48. The van der Waals surface area contributed by atoms with Crippen LogP contribution in [-0.2, 0) is 5.75 Å². The zero-order valence-electron chi connectivity index (χ0n) is 18.4. The minimum Gasteiger partial charge on any atom is -0.268 e. The number of rotatable bonds is 5. The lowest BCUT2D eigenvalue weighted by Gasteiger charge is -2.11. The number of thioether (sulfide) groups is 1. The van der Waals surface area contributed by atoms with Crippen molar-refractivity contribution in [3.63, 3.8) is 0 Å². The molecule has 0 N–H and O–H groups in total. The highest BCUT2D eigenvalue weighted by Gasteiger charge is 2.18. The molecule has 3 aromatic carbocycles. The molecule has 0 amide bonds. The molecule has 6 aromatic rings. The van der Waals surface area contributed by atoms with E-state index in [4.69, 9.17) is 0 Å². The summed E-state index contributed by atoms with van der Waals surface area (Å²) in [6.45, 7) is 2.02. The quantitative estimate of drug-likeness (QED) is 0.342. The molecular weight excluding hydrogens is 444 g/mol. The van der Waals surface area contributed by atoms with Gasteiger partial charge in [-0.05, 0) is 43.3 Å². The lowest BCUT2D eigenvalue weighted by Crippen LogP contribution is -2.21. The van der Waals surface area contributed by atoms with Crippen LogP contribution in [0.25, 0.3) is 28.1 Å². The molecule has 6 rings (SSSR count).